The minimum Gasteiger partial charge on any atom is -0.311 e. The van der Waals surface area contributed by atoms with Crippen LogP contribution in [0.15, 0.2) is 24.3 Å². The van der Waals surface area contributed by atoms with Crippen LogP contribution in [0.5, 0.6) is 0 Å². The largest absolute Gasteiger partial charge is 0.311 e. The summed E-state index contributed by atoms with van der Waals surface area (Å²) >= 11 is 1.63. The Bertz CT molecular complexity index is 275. The van der Waals surface area contributed by atoms with Gasteiger partial charge in [0, 0.05) is 10.7 Å². The van der Waals surface area contributed by atoms with E-state index in [2.05, 4.69) is 45.1 Å². The molecule has 84 valence electrons. The topological polar surface area (TPSA) is 9.23 Å². The van der Waals surface area contributed by atoms with Gasteiger partial charge in [-0.05, 0) is 51.6 Å². The molecule has 2 aliphatic carbocycles. The molecule has 2 rings (SSSR count). The van der Waals surface area contributed by atoms with Crippen LogP contribution in [0.1, 0.15) is 33.6 Å². The van der Waals surface area contributed by atoms with E-state index < -0.39 is 0 Å². The molecule has 0 N–H and O–H groups in total. The van der Waals surface area contributed by atoms with Gasteiger partial charge in [-0.25, -0.2) is 0 Å². The molecule has 2 aliphatic rings. The van der Waals surface area contributed by atoms with Gasteiger partial charge in [-0.2, -0.15) is 0 Å². The molecule has 1 nitrogen and oxygen atoms in total. The van der Waals surface area contributed by atoms with Crippen molar-refractivity contribution in [2.24, 2.45) is 11.8 Å². The molecular formula is C13H20OS. The van der Waals surface area contributed by atoms with Gasteiger partial charge in [-0.15, -0.1) is 0 Å². The predicted octanol–water partition coefficient (Wildman–Crippen LogP) is 3.97. The Balaban J connectivity index is 1.89. The van der Waals surface area contributed by atoms with Gasteiger partial charge in [0.25, 0.3) is 0 Å². The third kappa shape index (κ3) is 2.88. The second kappa shape index (κ2) is 4.34. The minimum atomic E-state index is 0.201. The summed E-state index contributed by atoms with van der Waals surface area (Å²) in [5, 5.41) is 0. The van der Waals surface area contributed by atoms with Crippen molar-refractivity contribution in [1.29, 1.82) is 0 Å². The van der Waals surface area contributed by atoms with E-state index in [4.69, 9.17) is 4.18 Å². The van der Waals surface area contributed by atoms with E-state index in [1.807, 2.05) is 0 Å². The molecule has 0 radical (unpaired) electrons. The lowest BCUT2D eigenvalue weighted by Crippen LogP contribution is -2.21. The molecule has 2 heteroatoms. The normalized spacial score (nSPS) is 34.5. The summed E-state index contributed by atoms with van der Waals surface area (Å²) in [6.45, 7) is 6.59. The van der Waals surface area contributed by atoms with Crippen molar-refractivity contribution < 1.29 is 4.18 Å². The van der Waals surface area contributed by atoms with Crippen LogP contribution >= 0.6 is 12.0 Å². The minimum absolute atomic E-state index is 0.201. The highest BCUT2D eigenvalue weighted by molar-refractivity contribution is 7.96. The van der Waals surface area contributed by atoms with Crippen LogP contribution in [0.25, 0.3) is 0 Å². The van der Waals surface area contributed by atoms with Crippen molar-refractivity contribution in [3.8, 4) is 0 Å². The number of hydrogen-bond donors (Lipinski definition) is 0. The smallest absolute Gasteiger partial charge is 0.0791 e. The van der Waals surface area contributed by atoms with E-state index in [1.165, 1.54) is 12.8 Å². The molecule has 0 aromatic heterocycles. The summed E-state index contributed by atoms with van der Waals surface area (Å²) in [6.07, 6.45) is 11.9. The number of fused-ring (bicyclic) bond motifs is 1. The maximum Gasteiger partial charge on any atom is 0.0791 e. The summed E-state index contributed by atoms with van der Waals surface area (Å²) in [5.41, 5.74) is 0. The molecule has 0 aliphatic heterocycles. The van der Waals surface area contributed by atoms with Crippen molar-refractivity contribution in [2.45, 2.75) is 44.5 Å². The molecule has 0 heterocycles. The van der Waals surface area contributed by atoms with Crippen LogP contribution in [0.3, 0.4) is 0 Å². The fourth-order valence-electron chi connectivity index (χ4n) is 2.23. The maximum atomic E-state index is 5.97. The Morgan fingerprint density at radius 1 is 1.13 bits per heavy atom. The van der Waals surface area contributed by atoms with Gasteiger partial charge in [-0.1, -0.05) is 24.3 Å². The van der Waals surface area contributed by atoms with Gasteiger partial charge < -0.3 is 4.18 Å². The highest BCUT2D eigenvalue weighted by Gasteiger charge is 2.35. The number of rotatable bonds is 2. The van der Waals surface area contributed by atoms with Crippen LogP contribution < -0.4 is 0 Å². The standard InChI is InChI=1S/C13H20OS/c1-13(2,3)15-14-12-9-8-10-6-4-5-7-11(10)12/h4-7,10-12H,8-9H2,1-3H3. The lowest BCUT2D eigenvalue weighted by Gasteiger charge is -2.24. The Hall–Kier alpha value is -0.210. The Labute approximate surface area is 97.2 Å². The van der Waals surface area contributed by atoms with Gasteiger partial charge in [0.15, 0.2) is 0 Å². The highest BCUT2D eigenvalue weighted by atomic mass is 32.2. The molecule has 0 bridgehead atoms. The lowest BCUT2D eigenvalue weighted by molar-refractivity contribution is 0.203. The van der Waals surface area contributed by atoms with E-state index in [0.29, 0.717) is 12.0 Å². The Kier molecular flexibility index (Phi) is 3.27. The lowest BCUT2D eigenvalue weighted by atomic mass is 9.91. The van der Waals surface area contributed by atoms with Gasteiger partial charge in [0.05, 0.1) is 6.10 Å². The molecule has 0 spiro atoms. The van der Waals surface area contributed by atoms with Gasteiger partial charge >= 0.3 is 0 Å². The summed E-state index contributed by atoms with van der Waals surface area (Å²) in [4.78, 5) is 0. The zero-order valence-corrected chi connectivity index (χ0v) is 10.6. The quantitative estimate of drug-likeness (QED) is 0.656. The first kappa shape index (κ1) is 11.3. The Morgan fingerprint density at radius 2 is 1.87 bits per heavy atom. The molecular weight excluding hydrogens is 204 g/mol. The third-order valence-electron chi connectivity index (χ3n) is 2.93. The van der Waals surface area contributed by atoms with Crippen molar-refractivity contribution in [3.05, 3.63) is 24.3 Å². The Morgan fingerprint density at radius 3 is 2.60 bits per heavy atom. The molecule has 3 atom stereocenters. The van der Waals surface area contributed by atoms with E-state index in [1.54, 1.807) is 12.0 Å². The highest BCUT2D eigenvalue weighted by Crippen LogP contribution is 2.41. The van der Waals surface area contributed by atoms with Crippen LogP contribution in [-0.4, -0.2) is 10.9 Å². The van der Waals surface area contributed by atoms with Gasteiger partial charge in [0.2, 0.25) is 0 Å². The summed E-state index contributed by atoms with van der Waals surface area (Å²) in [5.74, 6) is 1.34. The zero-order chi connectivity index (χ0) is 10.9. The number of allylic oxidation sites excluding steroid dienone is 3. The predicted molar refractivity (Wildman–Crippen MR) is 66.7 cm³/mol. The fraction of sp³-hybridized carbons (Fsp3) is 0.692. The van der Waals surface area contributed by atoms with Gasteiger partial charge in [-0.3, -0.25) is 0 Å². The first-order valence-electron chi connectivity index (χ1n) is 5.76. The molecule has 0 amide bonds. The summed E-state index contributed by atoms with van der Waals surface area (Å²) in [7, 11) is 0. The SMILES string of the molecule is CC(C)(C)SOC1CCC2C=CC=CC21. The van der Waals surface area contributed by atoms with Crippen LogP contribution in [0.2, 0.25) is 0 Å². The van der Waals surface area contributed by atoms with E-state index in [9.17, 15) is 0 Å². The molecule has 1 fully saturated rings. The monoisotopic (exact) mass is 224 g/mol. The zero-order valence-electron chi connectivity index (χ0n) is 9.77. The average molecular weight is 224 g/mol. The van der Waals surface area contributed by atoms with Crippen LogP contribution in [-0.2, 0) is 4.18 Å². The maximum absolute atomic E-state index is 5.97. The molecule has 0 aromatic rings. The summed E-state index contributed by atoms with van der Waals surface area (Å²) < 4.78 is 6.17. The fourth-order valence-corrected chi connectivity index (χ4v) is 2.86. The van der Waals surface area contributed by atoms with E-state index in [0.717, 1.165) is 5.92 Å². The second-order valence-electron chi connectivity index (χ2n) is 5.42. The molecule has 15 heavy (non-hydrogen) atoms. The van der Waals surface area contributed by atoms with Crippen LogP contribution in [0, 0.1) is 11.8 Å². The molecule has 0 aromatic carbocycles. The van der Waals surface area contributed by atoms with Crippen molar-refractivity contribution in [1.82, 2.24) is 0 Å². The van der Waals surface area contributed by atoms with E-state index in [-0.39, 0.29) is 4.75 Å². The molecule has 3 unspecified atom stereocenters. The summed E-state index contributed by atoms with van der Waals surface area (Å²) in [6, 6.07) is 0. The third-order valence-corrected chi connectivity index (χ3v) is 3.78. The van der Waals surface area contributed by atoms with E-state index >= 15 is 0 Å². The number of hydrogen-bond acceptors (Lipinski definition) is 2. The van der Waals surface area contributed by atoms with Crippen molar-refractivity contribution >= 4 is 12.0 Å². The molecule has 0 saturated heterocycles. The first-order chi connectivity index (χ1) is 7.06. The van der Waals surface area contributed by atoms with Gasteiger partial charge in [0.1, 0.15) is 0 Å². The van der Waals surface area contributed by atoms with Crippen molar-refractivity contribution in [2.75, 3.05) is 0 Å². The molecule has 1 saturated carbocycles. The first-order valence-corrected chi connectivity index (χ1v) is 6.50. The average Bonchev–Trinajstić information content (AvgIpc) is 2.57. The van der Waals surface area contributed by atoms with Crippen molar-refractivity contribution in [3.63, 3.8) is 0 Å². The second-order valence-corrected chi connectivity index (χ2v) is 7.00. The van der Waals surface area contributed by atoms with Crippen LogP contribution in [0.4, 0.5) is 0 Å².